The van der Waals surface area contributed by atoms with Crippen LogP contribution in [0.3, 0.4) is 0 Å². The minimum atomic E-state index is 0. The minimum Gasteiger partial charge on any atom is -0.377 e. The number of halogens is 1. The van der Waals surface area contributed by atoms with Gasteiger partial charge in [-0.2, -0.15) is 0 Å². The predicted octanol–water partition coefficient (Wildman–Crippen LogP) is 0.714. The SMILES string of the molecule is Cl.NCC1=CCOCC1. The quantitative estimate of drug-likeness (QED) is 0.558. The van der Waals surface area contributed by atoms with Gasteiger partial charge in [0.05, 0.1) is 13.2 Å². The molecular weight excluding hydrogens is 138 g/mol. The molecule has 2 N–H and O–H groups in total. The van der Waals surface area contributed by atoms with Gasteiger partial charge < -0.3 is 10.5 Å². The van der Waals surface area contributed by atoms with Gasteiger partial charge in [-0.3, -0.25) is 0 Å². The first-order valence-electron chi connectivity index (χ1n) is 2.89. The molecule has 0 aliphatic carbocycles. The standard InChI is InChI=1S/C6H11NO.ClH/c7-5-6-1-3-8-4-2-6;/h1H,2-5,7H2;1H. The largest absolute Gasteiger partial charge is 0.377 e. The fourth-order valence-corrected chi connectivity index (χ4v) is 0.751. The summed E-state index contributed by atoms with van der Waals surface area (Å²) < 4.78 is 5.07. The first-order valence-corrected chi connectivity index (χ1v) is 2.89. The Kier molecular flexibility index (Phi) is 4.77. The molecule has 0 fully saturated rings. The summed E-state index contributed by atoms with van der Waals surface area (Å²) in [5.74, 6) is 0. The molecule has 0 atom stereocenters. The highest BCUT2D eigenvalue weighted by atomic mass is 35.5. The molecule has 0 bridgehead atoms. The van der Waals surface area contributed by atoms with Gasteiger partial charge >= 0.3 is 0 Å². The maximum absolute atomic E-state index is 5.38. The summed E-state index contributed by atoms with van der Waals surface area (Å²) in [6, 6.07) is 0. The van der Waals surface area contributed by atoms with E-state index in [0.717, 1.165) is 19.6 Å². The second kappa shape index (κ2) is 4.79. The van der Waals surface area contributed by atoms with Crippen molar-refractivity contribution in [1.29, 1.82) is 0 Å². The van der Waals surface area contributed by atoms with Crippen molar-refractivity contribution in [2.24, 2.45) is 5.73 Å². The van der Waals surface area contributed by atoms with Gasteiger partial charge in [0, 0.05) is 6.54 Å². The molecule has 0 aromatic rings. The van der Waals surface area contributed by atoms with E-state index in [1.165, 1.54) is 5.57 Å². The van der Waals surface area contributed by atoms with E-state index in [1.807, 2.05) is 0 Å². The van der Waals surface area contributed by atoms with Crippen molar-refractivity contribution in [2.75, 3.05) is 19.8 Å². The van der Waals surface area contributed by atoms with Crippen molar-refractivity contribution >= 4 is 12.4 Å². The van der Waals surface area contributed by atoms with Crippen LogP contribution in [-0.4, -0.2) is 19.8 Å². The van der Waals surface area contributed by atoms with Crippen LogP contribution in [0.4, 0.5) is 0 Å². The maximum atomic E-state index is 5.38. The molecule has 0 saturated carbocycles. The van der Waals surface area contributed by atoms with E-state index in [4.69, 9.17) is 10.5 Å². The van der Waals surface area contributed by atoms with Crippen LogP contribution in [0.5, 0.6) is 0 Å². The average Bonchev–Trinajstić information content (AvgIpc) is 1.90. The third-order valence-corrected chi connectivity index (χ3v) is 1.32. The van der Waals surface area contributed by atoms with Gasteiger partial charge in [-0.15, -0.1) is 12.4 Å². The fourth-order valence-electron chi connectivity index (χ4n) is 0.751. The molecular formula is C6H12ClNO. The lowest BCUT2D eigenvalue weighted by atomic mass is 10.1. The van der Waals surface area contributed by atoms with Gasteiger partial charge in [-0.25, -0.2) is 0 Å². The van der Waals surface area contributed by atoms with E-state index in [9.17, 15) is 0 Å². The van der Waals surface area contributed by atoms with Crippen LogP contribution >= 0.6 is 12.4 Å². The molecule has 0 aromatic carbocycles. The summed E-state index contributed by atoms with van der Waals surface area (Å²) in [6.45, 7) is 2.30. The summed E-state index contributed by atoms with van der Waals surface area (Å²) in [7, 11) is 0. The van der Waals surface area contributed by atoms with Crippen LogP contribution in [0.1, 0.15) is 6.42 Å². The molecule has 1 rings (SSSR count). The van der Waals surface area contributed by atoms with Crippen LogP contribution in [0.2, 0.25) is 0 Å². The second-order valence-electron chi connectivity index (χ2n) is 1.89. The Morgan fingerprint density at radius 3 is 2.78 bits per heavy atom. The van der Waals surface area contributed by atoms with Gasteiger partial charge in [0.2, 0.25) is 0 Å². The zero-order valence-corrected chi connectivity index (χ0v) is 6.12. The molecule has 3 heteroatoms. The second-order valence-corrected chi connectivity index (χ2v) is 1.89. The lowest BCUT2D eigenvalue weighted by molar-refractivity contribution is 0.154. The van der Waals surface area contributed by atoms with E-state index >= 15 is 0 Å². The van der Waals surface area contributed by atoms with E-state index in [-0.39, 0.29) is 12.4 Å². The summed E-state index contributed by atoms with van der Waals surface area (Å²) >= 11 is 0. The smallest absolute Gasteiger partial charge is 0.0650 e. The lowest BCUT2D eigenvalue weighted by Crippen LogP contribution is -2.11. The van der Waals surface area contributed by atoms with Crippen molar-refractivity contribution in [2.45, 2.75) is 6.42 Å². The van der Waals surface area contributed by atoms with Crippen LogP contribution in [-0.2, 0) is 4.74 Å². The number of hydrogen-bond acceptors (Lipinski definition) is 2. The molecule has 2 nitrogen and oxygen atoms in total. The molecule has 1 aliphatic rings. The topological polar surface area (TPSA) is 35.2 Å². The molecule has 1 aliphatic heterocycles. The number of ether oxygens (including phenoxy) is 1. The third kappa shape index (κ3) is 2.84. The lowest BCUT2D eigenvalue weighted by Gasteiger charge is -2.10. The monoisotopic (exact) mass is 149 g/mol. The van der Waals surface area contributed by atoms with Crippen LogP contribution < -0.4 is 5.73 Å². The average molecular weight is 150 g/mol. The van der Waals surface area contributed by atoms with E-state index in [0.29, 0.717) is 6.54 Å². The molecule has 0 saturated heterocycles. The molecule has 0 aromatic heterocycles. The Bertz CT molecular complexity index is 103. The Labute approximate surface area is 61.5 Å². The minimum absolute atomic E-state index is 0. The Hall–Kier alpha value is -0.0500. The van der Waals surface area contributed by atoms with Crippen molar-refractivity contribution in [3.8, 4) is 0 Å². The molecule has 0 spiro atoms. The molecule has 0 radical (unpaired) electrons. The third-order valence-electron chi connectivity index (χ3n) is 1.32. The highest BCUT2D eigenvalue weighted by molar-refractivity contribution is 5.85. The zero-order chi connectivity index (χ0) is 5.82. The van der Waals surface area contributed by atoms with Crippen molar-refractivity contribution in [3.63, 3.8) is 0 Å². The zero-order valence-electron chi connectivity index (χ0n) is 5.30. The fraction of sp³-hybridized carbons (Fsp3) is 0.667. The number of hydrogen-bond donors (Lipinski definition) is 1. The highest BCUT2D eigenvalue weighted by Crippen LogP contribution is 2.03. The Morgan fingerprint density at radius 2 is 2.44 bits per heavy atom. The van der Waals surface area contributed by atoms with Crippen LogP contribution in [0, 0.1) is 0 Å². The number of nitrogens with two attached hydrogens (primary N) is 1. The summed E-state index contributed by atoms with van der Waals surface area (Å²) in [6.07, 6.45) is 3.08. The first-order chi connectivity index (χ1) is 3.93. The van der Waals surface area contributed by atoms with E-state index in [1.54, 1.807) is 0 Å². The predicted molar refractivity (Wildman–Crippen MR) is 39.8 cm³/mol. The molecule has 1 heterocycles. The summed E-state index contributed by atoms with van der Waals surface area (Å²) in [4.78, 5) is 0. The van der Waals surface area contributed by atoms with Crippen LogP contribution in [0.15, 0.2) is 11.6 Å². The molecule has 54 valence electrons. The summed E-state index contributed by atoms with van der Waals surface area (Å²) in [5.41, 5.74) is 6.71. The van der Waals surface area contributed by atoms with Crippen LogP contribution in [0.25, 0.3) is 0 Å². The normalized spacial score (nSPS) is 18.1. The molecule has 9 heavy (non-hydrogen) atoms. The first kappa shape index (κ1) is 8.95. The van der Waals surface area contributed by atoms with Gasteiger partial charge in [-0.05, 0) is 6.42 Å². The Balaban J connectivity index is 0.000000640. The molecule has 0 amide bonds. The van der Waals surface area contributed by atoms with Gasteiger partial charge in [0.25, 0.3) is 0 Å². The van der Waals surface area contributed by atoms with E-state index < -0.39 is 0 Å². The van der Waals surface area contributed by atoms with Crippen molar-refractivity contribution in [1.82, 2.24) is 0 Å². The van der Waals surface area contributed by atoms with E-state index in [2.05, 4.69) is 6.08 Å². The maximum Gasteiger partial charge on any atom is 0.0650 e. The molecule has 0 unspecified atom stereocenters. The number of rotatable bonds is 1. The van der Waals surface area contributed by atoms with Crippen molar-refractivity contribution < 1.29 is 4.74 Å². The highest BCUT2D eigenvalue weighted by Gasteiger charge is 1.98. The van der Waals surface area contributed by atoms with Crippen molar-refractivity contribution in [3.05, 3.63) is 11.6 Å². The van der Waals surface area contributed by atoms with Gasteiger partial charge in [0.15, 0.2) is 0 Å². The van der Waals surface area contributed by atoms with Gasteiger partial charge in [-0.1, -0.05) is 11.6 Å². The summed E-state index contributed by atoms with van der Waals surface area (Å²) in [5, 5.41) is 0. The van der Waals surface area contributed by atoms with Gasteiger partial charge in [0.1, 0.15) is 0 Å². The Morgan fingerprint density at radius 1 is 1.67 bits per heavy atom.